The zero-order chi connectivity index (χ0) is 33.7. The van der Waals surface area contributed by atoms with Crippen molar-refractivity contribution in [3.05, 3.63) is 105 Å². The maximum Gasteiger partial charge on any atom is 0.260 e. The van der Waals surface area contributed by atoms with Crippen molar-refractivity contribution in [3.8, 4) is 22.6 Å². The Morgan fingerprint density at radius 2 is 1.81 bits per heavy atom. The van der Waals surface area contributed by atoms with Crippen molar-refractivity contribution in [2.24, 2.45) is 0 Å². The molecule has 0 saturated carbocycles. The number of nitrogens with zero attached hydrogens (tertiary/aromatic N) is 6. The zero-order valence-corrected chi connectivity index (χ0v) is 28.0. The van der Waals surface area contributed by atoms with Crippen LogP contribution in [0, 0.1) is 0 Å². The summed E-state index contributed by atoms with van der Waals surface area (Å²) in [6, 6.07) is 11.9. The van der Waals surface area contributed by atoms with Gasteiger partial charge in [-0.1, -0.05) is 53.5 Å². The number of likely N-dealkylation sites (N-methyl/N-ethyl adjacent to an activating group) is 1. The molecule has 2 aromatic carbocycles. The third kappa shape index (κ3) is 7.43. The van der Waals surface area contributed by atoms with E-state index in [0.29, 0.717) is 34.9 Å². The van der Waals surface area contributed by atoms with E-state index in [1.807, 2.05) is 56.3 Å². The summed E-state index contributed by atoms with van der Waals surface area (Å²) >= 11 is 13.6. The van der Waals surface area contributed by atoms with E-state index in [4.69, 9.17) is 37.7 Å². The molecule has 5 aromatic rings. The molecule has 0 saturated heterocycles. The standard InChI is InChI=1S/C34H33Cl2N7O4/c1-20(22-9-6-8-21(14-22)15-24(44)10-7-13-42(2)3)43-32-23(18-38-34(41-32)40-28-11-12-37-19-39-28)16-25(33(43)45)29-30(35)26(46-4)17-27(47-5)31(29)36/h6-12,14,16-20H,13,15H2,1-5H3,(H,37,38,39,40,41). The highest BCUT2D eigenvalue weighted by atomic mass is 35.5. The molecule has 47 heavy (non-hydrogen) atoms. The van der Waals surface area contributed by atoms with Crippen LogP contribution in [0.5, 0.6) is 11.5 Å². The molecule has 0 amide bonds. The van der Waals surface area contributed by atoms with Gasteiger partial charge in [-0.3, -0.25) is 14.2 Å². The molecule has 0 aliphatic heterocycles. The van der Waals surface area contributed by atoms with Crippen molar-refractivity contribution in [1.82, 2.24) is 29.4 Å². The lowest BCUT2D eigenvalue weighted by Gasteiger charge is -2.21. The molecule has 0 aliphatic rings. The zero-order valence-electron chi connectivity index (χ0n) is 26.5. The van der Waals surface area contributed by atoms with E-state index in [9.17, 15) is 9.59 Å². The summed E-state index contributed by atoms with van der Waals surface area (Å²) in [4.78, 5) is 46.6. The number of pyridine rings is 1. The van der Waals surface area contributed by atoms with Crippen molar-refractivity contribution >= 4 is 51.8 Å². The molecule has 5 rings (SSSR count). The fourth-order valence-electron chi connectivity index (χ4n) is 5.09. The third-order valence-electron chi connectivity index (χ3n) is 7.41. The van der Waals surface area contributed by atoms with Crippen LogP contribution in [0.25, 0.3) is 22.2 Å². The molecular weight excluding hydrogens is 641 g/mol. The fourth-order valence-corrected chi connectivity index (χ4v) is 5.79. The van der Waals surface area contributed by atoms with Crippen LogP contribution in [-0.4, -0.2) is 70.0 Å². The number of hydrogen-bond donors (Lipinski definition) is 1. The number of rotatable bonds is 12. The predicted octanol–water partition coefficient (Wildman–Crippen LogP) is 6.15. The van der Waals surface area contributed by atoms with Gasteiger partial charge >= 0.3 is 0 Å². The summed E-state index contributed by atoms with van der Waals surface area (Å²) in [5.41, 5.74) is 2.00. The van der Waals surface area contributed by atoms with Crippen LogP contribution in [0.2, 0.25) is 10.0 Å². The number of fused-ring (bicyclic) bond motifs is 1. The Labute approximate surface area is 281 Å². The highest BCUT2D eigenvalue weighted by molar-refractivity contribution is 6.41. The first kappa shape index (κ1) is 33.5. The summed E-state index contributed by atoms with van der Waals surface area (Å²) in [5.74, 6) is 1.27. The number of ketones is 1. The first-order valence-electron chi connectivity index (χ1n) is 14.6. The molecule has 0 fully saturated rings. The number of methoxy groups -OCH3 is 2. The maximum atomic E-state index is 14.6. The molecule has 0 radical (unpaired) electrons. The van der Waals surface area contributed by atoms with Gasteiger partial charge in [-0.15, -0.1) is 0 Å². The molecule has 0 bridgehead atoms. The lowest BCUT2D eigenvalue weighted by molar-refractivity contribution is -0.114. The van der Waals surface area contributed by atoms with Gasteiger partial charge in [0.25, 0.3) is 5.56 Å². The topological polar surface area (TPSA) is 124 Å². The molecule has 242 valence electrons. The number of hydrogen-bond acceptors (Lipinski definition) is 10. The Balaban J connectivity index is 1.68. The van der Waals surface area contributed by atoms with Crippen molar-refractivity contribution < 1.29 is 14.3 Å². The maximum absolute atomic E-state index is 14.6. The summed E-state index contributed by atoms with van der Waals surface area (Å²) in [5, 5.41) is 3.91. The van der Waals surface area contributed by atoms with Gasteiger partial charge in [-0.05, 0) is 50.4 Å². The average Bonchev–Trinajstić information content (AvgIpc) is 3.05. The van der Waals surface area contributed by atoms with E-state index < -0.39 is 11.6 Å². The molecular formula is C34H33Cl2N7O4. The summed E-state index contributed by atoms with van der Waals surface area (Å²) < 4.78 is 12.5. The average molecular weight is 675 g/mol. The second-order valence-corrected chi connectivity index (χ2v) is 11.7. The van der Waals surface area contributed by atoms with Crippen LogP contribution in [0.4, 0.5) is 11.8 Å². The Bertz CT molecular complexity index is 1990. The summed E-state index contributed by atoms with van der Waals surface area (Å²) in [6.07, 6.45) is 8.24. The highest BCUT2D eigenvalue weighted by Gasteiger charge is 2.25. The minimum Gasteiger partial charge on any atom is -0.495 e. The van der Waals surface area contributed by atoms with Crippen LogP contribution in [-0.2, 0) is 11.2 Å². The summed E-state index contributed by atoms with van der Waals surface area (Å²) in [6.45, 7) is 2.55. The minimum atomic E-state index is -0.545. The van der Waals surface area contributed by atoms with E-state index in [2.05, 4.69) is 20.3 Å². The predicted molar refractivity (Wildman–Crippen MR) is 184 cm³/mol. The molecule has 11 nitrogen and oxygen atoms in total. The Kier molecular flexibility index (Phi) is 10.5. The highest BCUT2D eigenvalue weighted by Crippen LogP contribution is 2.45. The first-order chi connectivity index (χ1) is 22.6. The number of nitrogens with one attached hydrogen (secondary N) is 1. The number of allylic oxidation sites excluding steroid dienone is 1. The normalized spacial score (nSPS) is 12.1. The Hall–Kier alpha value is -4.84. The number of anilines is 2. The van der Waals surface area contributed by atoms with Crippen molar-refractivity contribution in [3.63, 3.8) is 0 Å². The largest absolute Gasteiger partial charge is 0.495 e. The van der Waals surface area contributed by atoms with Gasteiger partial charge in [0.15, 0.2) is 5.78 Å². The van der Waals surface area contributed by atoms with Gasteiger partial charge in [0, 0.05) is 42.4 Å². The summed E-state index contributed by atoms with van der Waals surface area (Å²) in [7, 11) is 6.81. The number of halogens is 2. The lowest BCUT2D eigenvalue weighted by Crippen LogP contribution is -2.27. The molecule has 13 heteroatoms. The smallest absolute Gasteiger partial charge is 0.260 e. The second-order valence-electron chi connectivity index (χ2n) is 10.9. The van der Waals surface area contributed by atoms with E-state index in [-0.39, 0.29) is 39.3 Å². The van der Waals surface area contributed by atoms with Crippen molar-refractivity contribution in [2.45, 2.75) is 19.4 Å². The van der Waals surface area contributed by atoms with Crippen LogP contribution >= 0.6 is 23.2 Å². The Morgan fingerprint density at radius 1 is 1.06 bits per heavy atom. The molecule has 1 N–H and O–H groups in total. The fraction of sp³-hybridized carbons (Fsp3) is 0.235. The van der Waals surface area contributed by atoms with Crippen LogP contribution in [0.15, 0.2) is 78.1 Å². The number of benzene rings is 2. The second kappa shape index (κ2) is 14.7. The molecule has 3 heterocycles. The van der Waals surface area contributed by atoms with Crippen molar-refractivity contribution in [1.29, 1.82) is 0 Å². The monoisotopic (exact) mass is 673 g/mol. The lowest BCUT2D eigenvalue weighted by atomic mass is 10.00. The number of aromatic nitrogens is 5. The molecule has 1 unspecified atom stereocenters. The van der Waals surface area contributed by atoms with E-state index in [0.717, 1.165) is 11.1 Å². The Morgan fingerprint density at radius 3 is 2.47 bits per heavy atom. The number of carbonyl (C=O) groups is 1. The van der Waals surface area contributed by atoms with E-state index in [1.54, 1.807) is 41.2 Å². The molecule has 1 atom stereocenters. The SMILES string of the molecule is COc1cc(OC)c(Cl)c(-c2cc3cnc(Nc4ccncn4)nc3n(C(C)c3cccc(CC(=O)C=CCN(C)C)c3)c2=O)c1Cl. The van der Waals surface area contributed by atoms with Gasteiger partial charge in [-0.25, -0.2) is 15.0 Å². The molecule has 0 aliphatic carbocycles. The van der Waals surface area contributed by atoms with E-state index >= 15 is 0 Å². The minimum absolute atomic E-state index is 0.0225. The third-order valence-corrected chi connectivity index (χ3v) is 8.16. The van der Waals surface area contributed by atoms with Gasteiger partial charge in [0.1, 0.15) is 29.3 Å². The number of carbonyl (C=O) groups excluding carboxylic acids is 1. The van der Waals surface area contributed by atoms with Crippen LogP contribution in [0.3, 0.4) is 0 Å². The van der Waals surface area contributed by atoms with Crippen LogP contribution in [0.1, 0.15) is 24.1 Å². The van der Waals surface area contributed by atoms with Gasteiger partial charge in [0.05, 0.1) is 35.9 Å². The number of ether oxygens (including phenoxy) is 2. The van der Waals surface area contributed by atoms with Gasteiger partial charge in [0.2, 0.25) is 5.95 Å². The van der Waals surface area contributed by atoms with Gasteiger partial charge < -0.3 is 19.7 Å². The van der Waals surface area contributed by atoms with Crippen LogP contribution < -0.4 is 20.3 Å². The quantitative estimate of drug-likeness (QED) is 0.154. The van der Waals surface area contributed by atoms with Gasteiger partial charge in [-0.2, -0.15) is 4.98 Å². The van der Waals surface area contributed by atoms with Crippen molar-refractivity contribution in [2.75, 3.05) is 40.2 Å². The molecule has 3 aromatic heterocycles. The molecule has 0 spiro atoms. The van der Waals surface area contributed by atoms with E-state index in [1.165, 1.54) is 20.5 Å². The first-order valence-corrected chi connectivity index (χ1v) is 15.4.